The summed E-state index contributed by atoms with van der Waals surface area (Å²) in [5.41, 5.74) is 11.6. The molecule has 1 atom stereocenters. The van der Waals surface area contributed by atoms with E-state index < -0.39 is 0 Å². The molecule has 1 amide bonds. The van der Waals surface area contributed by atoms with Gasteiger partial charge in [0.15, 0.2) is 0 Å². The Bertz CT molecular complexity index is 679. The molecular weight excluding hydrogens is 260 g/mol. The van der Waals surface area contributed by atoms with Crippen molar-refractivity contribution in [2.75, 3.05) is 11.9 Å². The number of amides is 1. The molecule has 0 aromatic heterocycles. The second kappa shape index (κ2) is 5.70. The quantitative estimate of drug-likeness (QED) is 0.771. The van der Waals surface area contributed by atoms with Gasteiger partial charge in [-0.3, -0.25) is 4.79 Å². The molecule has 2 aromatic carbocycles. The summed E-state index contributed by atoms with van der Waals surface area (Å²) in [7, 11) is 0. The Morgan fingerprint density at radius 3 is 2.76 bits per heavy atom. The second-order valence-corrected chi connectivity index (χ2v) is 5.80. The highest BCUT2D eigenvalue weighted by Gasteiger charge is 2.18. The van der Waals surface area contributed by atoms with Crippen LogP contribution >= 0.6 is 0 Å². The molecule has 3 nitrogen and oxygen atoms in total. The molecule has 0 radical (unpaired) electrons. The molecule has 0 bridgehead atoms. The highest BCUT2D eigenvalue weighted by Crippen LogP contribution is 2.37. The van der Waals surface area contributed by atoms with Crippen LogP contribution in [0.25, 0.3) is 11.1 Å². The number of hydrogen-bond donors (Lipinski definition) is 2. The maximum Gasteiger partial charge on any atom is 0.224 e. The van der Waals surface area contributed by atoms with E-state index in [9.17, 15) is 4.79 Å². The van der Waals surface area contributed by atoms with Gasteiger partial charge >= 0.3 is 0 Å². The minimum atomic E-state index is 0.0309. The number of fused-ring (bicyclic) bond motifs is 3. The van der Waals surface area contributed by atoms with Gasteiger partial charge in [0.25, 0.3) is 0 Å². The Labute approximate surface area is 125 Å². The lowest BCUT2D eigenvalue weighted by atomic mass is 10.1. The summed E-state index contributed by atoms with van der Waals surface area (Å²) >= 11 is 0. The number of carbonyl (C=O) groups excluding carboxylic acids is 1. The van der Waals surface area contributed by atoms with E-state index in [0.29, 0.717) is 13.0 Å². The molecule has 0 fully saturated rings. The van der Waals surface area contributed by atoms with E-state index in [0.717, 1.165) is 12.1 Å². The SMILES string of the molecule is CC(CN)CC(=O)Nc1ccc2c(c1)Cc1ccccc1-2. The van der Waals surface area contributed by atoms with E-state index in [4.69, 9.17) is 5.73 Å². The van der Waals surface area contributed by atoms with Crippen LogP contribution in [0.3, 0.4) is 0 Å². The first-order chi connectivity index (χ1) is 10.2. The number of carbonyl (C=O) groups is 1. The first-order valence-corrected chi connectivity index (χ1v) is 7.38. The van der Waals surface area contributed by atoms with Gasteiger partial charge in [0.1, 0.15) is 0 Å². The number of anilines is 1. The summed E-state index contributed by atoms with van der Waals surface area (Å²) in [4.78, 5) is 11.9. The number of rotatable bonds is 4. The zero-order valence-corrected chi connectivity index (χ0v) is 12.2. The van der Waals surface area contributed by atoms with Gasteiger partial charge in [-0.1, -0.05) is 37.3 Å². The summed E-state index contributed by atoms with van der Waals surface area (Å²) in [5, 5.41) is 2.97. The Kier molecular flexibility index (Phi) is 3.76. The average molecular weight is 280 g/mol. The van der Waals surface area contributed by atoms with Crippen molar-refractivity contribution in [3.63, 3.8) is 0 Å². The van der Waals surface area contributed by atoms with E-state index in [1.54, 1.807) is 0 Å². The fourth-order valence-corrected chi connectivity index (χ4v) is 2.83. The van der Waals surface area contributed by atoms with Crippen LogP contribution in [0, 0.1) is 5.92 Å². The Morgan fingerprint density at radius 1 is 1.19 bits per heavy atom. The normalized spacial score (nSPS) is 13.4. The lowest BCUT2D eigenvalue weighted by Crippen LogP contribution is -2.20. The van der Waals surface area contributed by atoms with Crippen LogP contribution < -0.4 is 11.1 Å². The summed E-state index contributed by atoms with van der Waals surface area (Å²) in [6.07, 6.45) is 1.40. The van der Waals surface area contributed by atoms with Crippen molar-refractivity contribution < 1.29 is 4.79 Å². The molecule has 3 heteroatoms. The molecule has 3 rings (SSSR count). The Hall–Kier alpha value is -2.13. The second-order valence-electron chi connectivity index (χ2n) is 5.80. The van der Waals surface area contributed by atoms with Crippen molar-refractivity contribution in [2.24, 2.45) is 11.7 Å². The molecule has 1 aliphatic carbocycles. The first kappa shape index (κ1) is 13.8. The van der Waals surface area contributed by atoms with Gasteiger partial charge in [0.05, 0.1) is 0 Å². The van der Waals surface area contributed by atoms with Crippen molar-refractivity contribution in [1.29, 1.82) is 0 Å². The Balaban J connectivity index is 1.77. The monoisotopic (exact) mass is 280 g/mol. The zero-order valence-electron chi connectivity index (χ0n) is 12.2. The molecule has 0 heterocycles. The Morgan fingerprint density at radius 2 is 1.95 bits per heavy atom. The number of nitrogens with two attached hydrogens (primary N) is 1. The van der Waals surface area contributed by atoms with Crippen molar-refractivity contribution >= 4 is 11.6 Å². The van der Waals surface area contributed by atoms with Crippen LogP contribution in [0.1, 0.15) is 24.5 Å². The molecule has 3 N–H and O–H groups in total. The van der Waals surface area contributed by atoms with Crippen molar-refractivity contribution in [2.45, 2.75) is 19.8 Å². The predicted molar refractivity (Wildman–Crippen MR) is 86.1 cm³/mol. The molecular formula is C18H20N2O. The fourth-order valence-electron chi connectivity index (χ4n) is 2.83. The van der Waals surface area contributed by atoms with Gasteiger partial charge in [-0.2, -0.15) is 0 Å². The van der Waals surface area contributed by atoms with Gasteiger partial charge in [-0.25, -0.2) is 0 Å². The zero-order chi connectivity index (χ0) is 14.8. The molecule has 0 spiro atoms. The van der Waals surface area contributed by atoms with Crippen molar-refractivity contribution in [3.05, 3.63) is 53.6 Å². The highest BCUT2D eigenvalue weighted by molar-refractivity contribution is 5.92. The van der Waals surface area contributed by atoms with Crippen LogP contribution in [0.15, 0.2) is 42.5 Å². The third-order valence-corrected chi connectivity index (χ3v) is 4.01. The van der Waals surface area contributed by atoms with E-state index >= 15 is 0 Å². The summed E-state index contributed by atoms with van der Waals surface area (Å²) < 4.78 is 0. The smallest absolute Gasteiger partial charge is 0.224 e. The molecule has 0 saturated carbocycles. The molecule has 108 valence electrons. The van der Waals surface area contributed by atoms with Crippen molar-refractivity contribution in [3.8, 4) is 11.1 Å². The van der Waals surface area contributed by atoms with Gasteiger partial charge in [0.2, 0.25) is 5.91 Å². The molecule has 21 heavy (non-hydrogen) atoms. The van der Waals surface area contributed by atoms with Gasteiger partial charge in [0, 0.05) is 12.1 Å². The number of hydrogen-bond acceptors (Lipinski definition) is 2. The topological polar surface area (TPSA) is 55.1 Å². The third-order valence-electron chi connectivity index (χ3n) is 4.01. The lowest BCUT2D eigenvalue weighted by Gasteiger charge is -2.10. The van der Waals surface area contributed by atoms with E-state index in [2.05, 4.69) is 41.7 Å². The predicted octanol–water partition coefficient (Wildman–Crippen LogP) is 3.18. The number of nitrogens with one attached hydrogen (secondary N) is 1. The first-order valence-electron chi connectivity index (χ1n) is 7.38. The third kappa shape index (κ3) is 2.83. The molecule has 1 unspecified atom stereocenters. The maximum absolute atomic E-state index is 11.9. The van der Waals surface area contributed by atoms with Crippen LogP contribution in [0.4, 0.5) is 5.69 Å². The largest absolute Gasteiger partial charge is 0.330 e. The molecule has 0 saturated heterocycles. The van der Waals surface area contributed by atoms with Crippen LogP contribution in [-0.2, 0) is 11.2 Å². The summed E-state index contributed by atoms with van der Waals surface area (Å²) in [6.45, 7) is 2.52. The van der Waals surface area contributed by atoms with Crippen molar-refractivity contribution in [1.82, 2.24) is 0 Å². The van der Waals surface area contributed by atoms with E-state index in [1.165, 1.54) is 22.3 Å². The molecule has 2 aromatic rings. The minimum absolute atomic E-state index is 0.0309. The van der Waals surface area contributed by atoms with Crippen LogP contribution in [-0.4, -0.2) is 12.5 Å². The van der Waals surface area contributed by atoms with Crippen LogP contribution in [0.5, 0.6) is 0 Å². The lowest BCUT2D eigenvalue weighted by molar-refractivity contribution is -0.116. The van der Waals surface area contributed by atoms with Gasteiger partial charge < -0.3 is 11.1 Å². The standard InChI is InChI=1S/C18H20N2O/c1-12(11-19)8-18(21)20-15-6-7-17-14(10-15)9-13-4-2-3-5-16(13)17/h2-7,10,12H,8-9,11,19H2,1H3,(H,20,21). The maximum atomic E-state index is 11.9. The van der Waals surface area contributed by atoms with Gasteiger partial charge in [-0.15, -0.1) is 0 Å². The van der Waals surface area contributed by atoms with Gasteiger partial charge in [-0.05, 0) is 53.3 Å². The summed E-state index contributed by atoms with van der Waals surface area (Å²) in [6, 6.07) is 14.6. The van der Waals surface area contributed by atoms with E-state index in [1.807, 2.05) is 13.0 Å². The van der Waals surface area contributed by atoms with E-state index in [-0.39, 0.29) is 11.8 Å². The highest BCUT2D eigenvalue weighted by atomic mass is 16.1. The minimum Gasteiger partial charge on any atom is -0.330 e. The fraction of sp³-hybridized carbons (Fsp3) is 0.278. The molecule has 1 aliphatic rings. The molecule has 0 aliphatic heterocycles. The summed E-state index contributed by atoms with van der Waals surface area (Å²) in [5.74, 6) is 0.243. The number of benzene rings is 2. The average Bonchev–Trinajstić information content (AvgIpc) is 2.84. The van der Waals surface area contributed by atoms with Crippen LogP contribution in [0.2, 0.25) is 0 Å².